The molecule has 0 saturated carbocycles. The van der Waals surface area contributed by atoms with Gasteiger partial charge in [0.25, 0.3) is 0 Å². The molecule has 30 heavy (non-hydrogen) atoms. The van der Waals surface area contributed by atoms with Crippen molar-refractivity contribution in [2.75, 3.05) is 0 Å². The van der Waals surface area contributed by atoms with E-state index in [0.29, 0.717) is 13.0 Å². The second-order valence-corrected chi connectivity index (χ2v) is 5.36. The molecule has 6 nitrogen and oxygen atoms in total. The SMILES string of the molecule is NCc1ccc2nc[nH]c2c1.O=[C-]CCc1ccc2nc[nH]c2c1.[CH3-].[CH3-].[W].[W].[Y].[Y]. The number of aromatic amines is 2. The predicted molar refractivity (Wildman–Crippen MR) is 107 cm³/mol. The first kappa shape index (κ1) is 37.9. The summed E-state index contributed by atoms with van der Waals surface area (Å²) in [6.45, 7) is 0.578. The molecule has 0 spiro atoms. The standard InChI is InChI=1S/C10H9N2O.C8H9N3.2CH3.2W.2Y/c13-5-1-2-8-3-4-9-10(6-8)12-7-11-9;9-4-6-1-2-7-8(3-6)11-5-10-7;;;;;;/h3-4,6-7H,1-2H2,(H,11,12);1-3,5H,4,9H2,(H,10,11);2*1H3;;;;/q-1;;2*-1;;;;. The fourth-order valence-electron chi connectivity index (χ4n) is 2.44. The van der Waals surface area contributed by atoms with Crippen LogP contribution in [0, 0.1) is 14.9 Å². The van der Waals surface area contributed by atoms with E-state index in [2.05, 4.69) is 19.9 Å². The van der Waals surface area contributed by atoms with Crippen molar-refractivity contribution in [2.24, 2.45) is 5.73 Å². The van der Waals surface area contributed by atoms with Gasteiger partial charge in [-0.15, -0.1) is 6.42 Å². The fraction of sp³-hybridized carbons (Fsp3) is 0.150. The number of imidazole rings is 2. The minimum absolute atomic E-state index is 0. The average Bonchev–Trinajstić information content (AvgIpc) is 3.28. The number of nitrogens with one attached hydrogen (secondary N) is 2. The summed E-state index contributed by atoms with van der Waals surface area (Å²) in [6, 6.07) is 11.9. The molecular formula is C20H24N5OW2Y2-3. The van der Waals surface area contributed by atoms with Gasteiger partial charge in [0.1, 0.15) is 0 Å². The Kier molecular flexibility index (Phi) is 25.5. The zero-order valence-corrected chi connectivity index (χ0v) is 28.6. The van der Waals surface area contributed by atoms with Gasteiger partial charge in [0.05, 0.1) is 34.7 Å². The van der Waals surface area contributed by atoms with E-state index in [9.17, 15) is 4.79 Å². The summed E-state index contributed by atoms with van der Waals surface area (Å²) in [5.74, 6) is 0. The molecule has 2 heterocycles. The van der Waals surface area contributed by atoms with Crippen LogP contribution in [0.15, 0.2) is 49.1 Å². The Morgan fingerprint density at radius 1 is 0.833 bits per heavy atom. The van der Waals surface area contributed by atoms with Crippen LogP contribution in [0.5, 0.6) is 0 Å². The molecule has 0 aliphatic heterocycles. The Labute approximate surface area is 257 Å². The van der Waals surface area contributed by atoms with Gasteiger partial charge in [0.2, 0.25) is 0 Å². The first-order valence-electron chi connectivity index (χ1n) is 7.69. The molecule has 0 fully saturated rings. The maximum absolute atomic E-state index is 10.0. The predicted octanol–water partition coefficient (Wildman–Crippen LogP) is 3.52. The zero-order valence-electron chi connectivity index (χ0n) is 17.1. The molecule has 0 aliphatic rings. The number of aryl methyl sites for hydroxylation is 1. The number of carbonyl (C=O) groups excluding carboxylic acids is 1. The number of hydrogen-bond donors (Lipinski definition) is 3. The molecule has 0 atom stereocenters. The third-order valence-electron chi connectivity index (χ3n) is 3.72. The maximum atomic E-state index is 10.0. The van der Waals surface area contributed by atoms with Crippen molar-refractivity contribution in [3.8, 4) is 0 Å². The van der Waals surface area contributed by atoms with Crippen LogP contribution in [0.25, 0.3) is 22.1 Å². The van der Waals surface area contributed by atoms with Gasteiger partial charge in [-0.2, -0.15) is 0 Å². The van der Waals surface area contributed by atoms with Crippen LogP contribution in [0.2, 0.25) is 0 Å². The van der Waals surface area contributed by atoms with E-state index in [-0.39, 0.29) is 122 Å². The van der Waals surface area contributed by atoms with Crippen LogP contribution >= 0.6 is 0 Å². The molecule has 156 valence electrons. The topological polar surface area (TPSA) is 100 Å². The molecule has 4 aromatic rings. The summed E-state index contributed by atoms with van der Waals surface area (Å²) in [6.07, 6.45) is 6.44. The molecule has 2 aromatic heterocycles. The monoisotopic (exact) mass is 896 g/mol. The van der Waals surface area contributed by atoms with E-state index >= 15 is 0 Å². The smallest absolute Gasteiger partial charge is 0.0931 e. The molecule has 0 amide bonds. The van der Waals surface area contributed by atoms with E-state index in [1.807, 2.05) is 42.7 Å². The minimum atomic E-state index is 0. The Morgan fingerprint density at radius 3 is 1.77 bits per heavy atom. The van der Waals surface area contributed by atoms with Crippen LogP contribution in [0.3, 0.4) is 0 Å². The van der Waals surface area contributed by atoms with Gasteiger partial charge in [-0.3, -0.25) is 6.29 Å². The third kappa shape index (κ3) is 10.9. The molecule has 4 N–H and O–H groups in total. The Balaban J connectivity index is -0.000000189. The first-order valence-corrected chi connectivity index (χ1v) is 7.69. The Hall–Kier alpha value is 0.594. The summed E-state index contributed by atoms with van der Waals surface area (Å²) in [5.41, 5.74) is 11.8. The molecule has 2 radical (unpaired) electrons. The summed E-state index contributed by atoms with van der Waals surface area (Å²) in [5, 5.41) is 0. The summed E-state index contributed by atoms with van der Waals surface area (Å²) >= 11 is 0. The Morgan fingerprint density at radius 2 is 1.30 bits per heavy atom. The van der Waals surface area contributed by atoms with Crippen LogP contribution in [-0.2, 0) is 125 Å². The van der Waals surface area contributed by atoms with Crippen molar-refractivity contribution < 1.29 is 112 Å². The van der Waals surface area contributed by atoms with Crippen LogP contribution < -0.4 is 5.73 Å². The Bertz CT molecular complexity index is 962. The maximum Gasteiger partial charge on any atom is 0.0931 e. The molecular weight excluding hydrogens is 872 g/mol. The van der Waals surface area contributed by atoms with Crippen molar-refractivity contribution in [1.82, 2.24) is 19.9 Å². The molecule has 0 unspecified atom stereocenters. The molecule has 0 bridgehead atoms. The van der Waals surface area contributed by atoms with Crippen molar-refractivity contribution in [3.05, 3.63) is 75.0 Å². The third-order valence-corrected chi connectivity index (χ3v) is 3.72. The van der Waals surface area contributed by atoms with Crippen LogP contribution in [0.4, 0.5) is 0 Å². The second kappa shape index (κ2) is 20.2. The van der Waals surface area contributed by atoms with E-state index in [0.717, 1.165) is 39.6 Å². The largest absolute Gasteiger partial charge is 0.542 e. The summed E-state index contributed by atoms with van der Waals surface area (Å²) < 4.78 is 0. The van der Waals surface area contributed by atoms with Crippen molar-refractivity contribution in [1.29, 1.82) is 0 Å². The van der Waals surface area contributed by atoms with Gasteiger partial charge in [0, 0.05) is 114 Å². The summed E-state index contributed by atoms with van der Waals surface area (Å²) in [4.78, 5) is 24.3. The van der Waals surface area contributed by atoms with Crippen LogP contribution in [-0.4, -0.2) is 26.2 Å². The first-order chi connectivity index (χ1) is 11.8. The summed E-state index contributed by atoms with van der Waals surface area (Å²) in [7, 11) is 0. The normalized spacial score (nSPS) is 8.43. The number of benzene rings is 2. The van der Waals surface area contributed by atoms with Gasteiger partial charge in [-0.1, -0.05) is 18.6 Å². The zero-order chi connectivity index (χ0) is 16.8. The van der Waals surface area contributed by atoms with Gasteiger partial charge < -0.3 is 35.3 Å². The second-order valence-electron chi connectivity index (χ2n) is 5.36. The number of fused-ring (bicyclic) bond motifs is 2. The van der Waals surface area contributed by atoms with Crippen molar-refractivity contribution >= 4 is 28.4 Å². The van der Waals surface area contributed by atoms with Crippen molar-refractivity contribution in [2.45, 2.75) is 19.4 Å². The van der Waals surface area contributed by atoms with Gasteiger partial charge in [0.15, 0.2) is 0 Å². The molecule has 2 aromatic carbocycles. The number of hydrogen-bond acceptors (Lipinski definition) is 4. The molecule has 4 rings (SSSR count). The van der Waals surface area contributed by atoms with Crippen molar-refractivity contribution in [3.63, 3.8) is 0 Å². The minimum Gasteiger partial charge on any atom is -0.542 e. The number of nitrogens with zero attached hydrogens (tertiary/aromatic N) is 2. The van der Waals surface area contributed by atoms with Gasteiger partial charge in [-0.05, 0) is 35.4 Å². The average molecular weight is 896 g/mol. The molecule has 0 aliphatic carbocycles. The van der Waals surface area contributed by atoms with E-state index in [4.69, 9.17) is 5.73 Å². The van der Waals surface area contributed by atoms with E-state index < -0.39 is 0 Å². The van der Waals surface area contributed by atoms with Gasteiger partial charge >= 0.3 is 0 Å². The molecule has 0 saturated heterocycles. The van der Waals surface area contributed by atoms with Crippen LogP contribution in [0.1, 0.15) is 17.5 Å². The quantitative estimate of drug-likeness (QED) is 0.274. The van der Waals surface area contributed by atoms with E-state index in [1.165, 1.54) is 0 Å². The van der Waals surface area contributed by atoms with Gasteiger partial charge in [-0.25, -0.2) is 9.97 Å². The number of nitrogens with two attached hydrogens (primary N) is 1. The number of rotatable bonds is 4. The number of aromatic nitrogens is 4. The number of H-pyrrole nitrogens is 2. The van der Waals surface area contributed by atoms with E-state index in [1.54, 1.807) is 12.7 Å². The fourth-order valence-corrected chi connectivity index (χ4v) is 2.44. The molecule has 10 heteroatoms.